The van der Waals surface area contributed by atoms with E-state index in [0.29, 0.717) is 17.3 Å². The summed E-state index contributed by atoms with van der Waals surface area (Å²) in [7, 11) is 5.51. The Labute approximate surface area is 135 Å². The maximum absolute atomic E-state index is 12.1. The van der Waals surface area contributed by atoms with Crippen LogP contribution in [0.15, 0.2) is 28.8 Å². The number of nitrogens with zero attached hydrogens (tertiary/aromatic N) is 4. The van der Waals surface area contributed by atoms with Gasteiger partial charge in [-0.1, -0.05) is 11.2 Å². The quantitative estimate of drug-likeness (QED) is 0.911. The molecule has 7 heteroatoms. The number of likely N-dealkylation sites (N-methyl/N-ethyl adjacent to an activating group) is 1. The standard InChI is InChI=1S/C16H21N5O2/c1-20(2)16(22)12-6-4-5-11(9-12)15-18-14(19-23-15)13-10-17-7-8-21(13)3/h4-6,9,13,17H,7-8,10H2,1-3H3. The molecule has 2 aromatic rings. The van der Waals surface area contributed by atoms with Crippen LogP contribution in [-0.2, 0) is 0 Å². The Hall–Kier alpha value is -2.25. The molecule has 1 unspecified atom stereocenters. The van der Waals surface area contributed by atoms with E-state index in [1.807, 2.05) is 12.1 Å². The summed E-state index contributed by atoms with van der Waals surface area (Å²) in [6.45, 7) is 2.71. The third-order valence-electron chi connectivity index (χ3n) is 4.01. The molecule has 1 N–H and O–H groups in total. The van der Waals surface area contributed by atoms with E-state index < -0.39 is 0 Å². The summed E-state index contributed by atoms with van der Waals surface area (Å²) in [6.07, 6.45) is 0. The molecule has 0 radical (unpaired) electrons. The Morgan fingerprint density at radius 1 is 1.43 bits per heavy atom. The summed E-state index contributed by atoms with van der Waals surface area (Å²) in [6, 6.07) is 7.36. The van der Waals surface area contributed by atoms with Crippen molar-refractivity contribution in [3.05, 3.63) is 35.7 Å². The van der Waals surface area contributed by atoms with Crippen molar-refractivity contribution in [3.8, 4) is 11.5 Å². The van der Waals surface area contributed by atoms with Gasteiger partial charge in [-0.15, -0.1) is 0 Å². The number of nitrogens with one attached hydrogen (secondary N) is 1. The molecule has 1 aromatic carbocycles. The zero-order valence-electron chi connectivity index (χ0n) is 13.6. The minimum Gasteiger partial charge on any atom is -0.345 e. The van der Waals surface area contributed by atoms with Crippen LogP contribution in [0, 0.1) is 0 Å². The van der Waals surface area contributed by atoms with Gasteiger partial charge in [-0.3, -0.25) is 9.69 Å². The van der Waals surface area contributed by atoms with Gasteiger partial charge in [-0.25, -0.2) is 0 Å². The molecule has 1 aliphatic heterocycles. The zero-order chi connectivity index (χ0) is 16.4. The molecule has 0 aliphatic carbocycles. The molecule has 3 rings (SSSR count). The molecular weight excluding hydrogens is 294 g/mol. The summed E-state index contributed by atoms with van der Waals surface area (Å²) >= 11 is 0. The van der Waals surface area contributed by atoms with Crippen molar-refractivity contribution in [2.45, 2.75) is 6.04 Å². The molecule has 1 amide bonds. The maximum atomic E-state index is 12.1. The number of aromatic nitrogens is 2. The molecule has 1 atom stereocenters. The number of carbonyl (C=O) groups is 1. The fourth-order valence-corrected chi connectivity index (χ4v) is 2.63. The van der Waals surface area contributed by atoms with Crippen molar-refractivity contribution >= 4 is 5.91 Å². The Bertz CT molecular complexity index is 697. The van der Waals surface area contributed by atoms with Crippen LogP contribution in [-0.4, -0.2) is 66.6 Å². The van der Waals surface area contributed by atoms with E-state index in [1.165, 1.54) is 0 Å². The molecule has 122 valence electrons. The van der Waals surface area contributed by atoms with Gasteiger partial charge in [-0.05, 0) is 25.2 Å². The highest BCUT2D eigenvalue weighted by atomic mass is 16.5. The van der Waals surface area contributed by atoms with E-state index in [0.717, 1.165) is 25.2 Å². The number of amides is 1. The monoisotopic (exact) mass is 315 g/mol. The van der Waals surface area contributed by atoms with Crippen LogP contribution in [0.1, 0.15) is 22.2 Å². The van der Waals surface area contributed by atoms with Crippen molar-refractivity contribution in [1.29, 1.82) is 0 Å². The third kappa shape index (κ3) is 3.25. The van der Waals surface area contributed by atoms with Crippen LogP contribution in [0.5, 0.6) is 0 Å². The first-order chi connectivity index (χ1) is 11.1. The van der Waals surface area contributed by atoms with Gasteiger partial charge < -0.3 is 14.7 Å². The van der Waals surface area contributed by atoms with Gasteiger partial charge in [0, 0.05) is 44.9 Å². The van der Waals surface area contributed by atoms with Crippen molar-refractivity contribution in [1.82, 2.24) is 25.3 Å². The normalized spacial score (nSPS) is 18.8. The molecule has 0 bridgehead atoms. The lowest BCUT2D eigenvalue weighted by Gasteiger charge is -2.30. The average Bonchev–Trinajstić information content (AvgIpc) is 3.04. The van der Waals surface area contributed by atoms with E-state index in [-0.39, 0.29) is 11.9 Å². The Kier molecular flexibility index (Phi) is 4.40. The molecule has 0 saturated carbocycles. The summed E-state index contributed by atoms with van der Waals surface area (Å²) in [5.41, 5.74) is 1.35. The fraction of sp³-hybridized carbons (Fsp3) is 0.438. The smallest absolute Gasteiger partial charge is 0.258 e. The first-order valence-electron chi connectivity index (χ1n) is 7.63. The molecule has 7 nitrogen and oxygen atoms in total. The van der Waals surface area contributed by atoms with Gasteiger partial charge in [0.05, 0.1) is 6.04 Å². The topological polar surface area (TPSA) is 74.5 Å². The maximum Gasteiger partial charge on any atom is 0.258 e. The van der Waals surface area contributed by atoms with Gasteiger partial charge in [0.1, 0.15) is 0 Å². The number of piperazine rings is 1. The highest BCUT2D eigenvalue weighted by Crippen LogP contribution is 2.23. The molecule has 0 spiro atoms. The predicted molar refractivity (Wildman–Crippen MR) is 86.0 cm³/mol. The minimum absolute atomic E-state index is 0.0530. The van der Waals surface area contributed by atoms with Gasteiger partial charge >= 0.3 is 0 Å². The molecular formula is C16H21N5O2. The molecule has 1 saturated heterocycles. The van der Waals surface area contributed by atoms with E-state index in [1.54, 1.807) is 31.1 Å². The molecule has 1 aliphatic rings. The third-order valence-corrected chi connectivity index (χ3v) is 4.01. The minimum atomic E-state index is -0.0530. The first-order valence-corrected chi connectivity index (χ1v) is 7.63. The lowest BCUT2D eigenvalue weighted by molar-refractivity contribution is 0.0827. The summed E-state index contributed by atoms with van der Waals surface area (Å²) in [5.74, 6) is 1.05. The second-order valence-corrected chi connectivity index (χ2v) is 5.94. The molecule has 23 heavy (non-hydrogen) atoms. The number of rotatable bonds is 3. The highest BCUT2D eigenvalue weighted by Gasteiger charge is 2.25. The zero-order valence-corrected chi connectivity index (χ0v) is 13.6. The Balaban J connectivity index is 1.85. The lowest BCUT2D eigenvalue weighted by Crippen LogP contribution is -2.44. The summed E-state index contributed by atoms with van der Waals surface area (Å²) in [5, 5.41) is 7.45. The number of benzene rings is 1. The first kappa shape index (κ1) is 15.6. The van der Waals surface area contributed by atoms with E-state index >= 15 is 0 Å². The second kappa shape index (κ2) is 6.47. The van der Waals surface area contributed by atoms with Crippen molar-refractivity contribution < 1.29 is 9.32 Å². The summed E-state index contributed by atoms with van der Waals surface area (Å²) in [4.78, 5) is 20.3. The van der Waals surface area contributed by atoms with Crippen LogP contribution in [0.25, 0.3) is 11.5 Å². The average molecular weight is 315 g/mol. The Morgan fingerprint density at radius 2 is 2.26 bits per heavy atom. The van der Waals surface area contributed by atoms with Crippen LogP contribution in [0.4, 0.5) is 0 Å². The SMILES string of the molecule is CN(C)C(=O)c1cccc(-c2nc(C3CNCCN3C)no2)c1. The molecule has 1 aromatic heterocycles. The second-order valence-electron chi connectivity index (χ2n) is 5.94. The number of hydrogen-bond donors (Lipinski definition) is 1. The molecule has 2 heterocycles. The van der Waals surface area contributed by atoms with Crippen LogP contribution in [0.3, 0.4) is 0 Å². The van der Waals surface area contributed by atoms with Crippen LogP contribution in [0.2, 0.25) is 0 Å². The number of carbonyl (C=O) groups excluding carboxylic acids is 1. The van der Waals surface area contributed by atoms with Gasteiger partial charge in [0.2, 0.25) is 0 Å². The predicted octanol–water partition coefficient (Wildman–Crippen LogP) is 1.01. The highest BCUT2D eigenvalue weighted by molar-refractivity contribution is 5.94. The van der Waals surface area contributed by atoms with Crippen molar-refractivity contribution in [2.24, 2.45) is 0 Å². The largest absolute Gasteiger partial charge is 0.345 e. The van der Waals surface area contributed by atoms with Gasteiger partial charge in [-0.2, -0.15) is 4.98 Å². The van der Waals surface area contributed by atoms with Crippen molar-refractivity contribution in [2.75, 3.05) is 40.8 Å². The van der Waals surface area contributed by atoms with E-state index in [9.17, 15) is 4.79 Å². The summed E-state index contributed by atoms with van der Waals surface area (Å²) < 4.78 is 5.41. The van der Waals surface area contributed by atoms with E-state index in [4.69, 9.17) is 4.52 Å². The Morgan fingerprint density at radius 3 is 3.00 bits per heavy atom. The lowest BCUT2D eigenvalue weighted by atomic mass is 10.1. The van der Waals surface area contributed by atoms with Crippen molar-refractivity contribution in [3.63, 3.8) is 0 Å². The van der Waals surface area contributed by atoms with Crippen LogP contribution < -0.4 is 5.32 Å². The van der Waals surface area contributed by atoms with Gasteiger partial charge in [0.15, 0.2) is 5.82 Å². The number of hydrogen-bond acceptors (Lipinski definition) is 6. The fourth-order valence-electron chi connectivity index (χ4n) is 2.63. The van der Waals surface area contributed by atoms with E-state index in [2.05, 4.69) is 27.4 Å². The molecule has 1 fully saturated rings. The van der Waals surface area contributed by atoms with Gasteiger partial charge in [0.25, 0.3) is 11.8 Å². The van der Waals surface area contributed by atoms with Crippen LogP contribution >= 0.6 is 0 Å².